The Morgan fingerprint density at radius 1 is 1.37 bits per heavy atom. The predicted octanol–water partition coefficient (Wildman–Crippen LogP) is 1.66. The zero-order chi connectivity index (χ0) is 14.4. The Hall–Kier alpha value is -1.10. The van der Waals surface area contributed by atoms with Crippen LogP contribution in [0.3, 0.4) is 0 Å². The second kappa shape index (κ2) is 7.48. The van der Waals surface area contributed by atoms with Crippen molar-refractivity contribution in [3.8, 4) is 0 Å². The molecule has 1 rings (SSSR count). The van der Waals surface area contributed by atoms with Crippen LogP contribution in [0.1, 0.15) is 39.5 Å². The highest BCUT2D eigenvalue weighted by molar-refractivity contribution is 5.85. The van der Waals surface area contributed by atoms with Gasteiger partial charge < -0.3 is 15.2 Å². The Bertz CT molecular complexity index is 319. The minimum absolute atomic E-state index is 0.0163. The second-order valence-corrected chi connectivity index (χ2v) is 5.49. The van der Waals surface area contributed by atoms with E-state index < -0.39 is 11.9 Å². The lowest BCUT2D eigenvalue weighted by atomic mass is 9.95. The number of aliphatic carboxylic acids is 1. The molecule has 2 unspecified atom stereocenters. The highest BCUT2D eigenvalue weighted by Crippen LogP contribution is 2.38. The van der Waals surface area contributed by atoms with Crippen molar-refractivity contribution in [2.75, 3.05) is 13.7 Å². The van der Waals surface area contributed by atoms with E-state index in [9.17, 15) is 14.7 Å². The number of carbonyl (C=O) groups is 2. The lowest BCUT2D eigenvalue weighted by molar-refractivity contribution is -0.146. The normalized spacial score (nSPS) is 28.1. The van der Waals surface area contributed by atoms with E-state index in [4.69, 9.17) is 4.74 Å². The van der Waals surface area contributed by atoms with E-state index >= 15 is 0 Å². The molecule has 0 aliphatic heterocycles. The minimum atomic E-state index is -0.847. The first-order valence-corrected chi connectivity index (χ1v) is 7.01. The molecule has 0 aromatic rings. The van der Waals surface area contributed by atoms with E-state index in [-0.39, 0.29) is 17.9 Å². The van der Waals surface area contributed by atoms with E-state index in [0.717, 1.165) is 12.8 Å². The van der Waals surface area contributed by atoms with Gasteiger partial charge in [-0.3, -0.25) is 9.59 Å². The number of rotatable bonds is 7. The standard InChI is InChI=1S/C14H25NO4/c1-4-10-7-11(12(8-10)14(17)18)13(16)15-9(2)5-6-19-3/h9-12H,4-8H2,1-3H3,(H,15,16)(H,17,18)/t9?,10?,11-,12+/m0/s1. The number of hydrogen-bond donors (Lipinski definition) is 2. The summed E-state index contributed by atoms with van der Waals surface area (Å²) in [5.41, 5.74) is 0. The molecule has 1 saturated carbocycles. The van der Waals surface area contributed by atoms with Gasteiger partial charge in [-0.2, -0.15) is 0 Å². The summed E-state index contributed by atoms with van der Waals surface area (Å²) in [6, 6.07) is 0.0163. The molecule has 5 heteroatoms. The van der Waals surface area contributed by atoms with Crippen molar-refractivity contribution in [3.05, 3.63) is 0 Å². The van der Waals surface area contributed by atoms with Crippen molar-refractivity contribution in [1.29, 1.82) is 0 Å². The first kappa shape index (κ1) is 16.0. The fourth-order valence-electron chi connectivity index (χ4n) is 2.76. The molecular formula is C14H25NO4. The van der Waals surface area contributed by atoms with Gasteiger partial charge in [0.15, 0.2) is 0 Å². The molecule has 0 bridgehead atoms. The predicted molar refractivity (Wildman–Crippen MR) is 71.7 cm³/mol. The molecule has 0 saturated heterocycles. The lowest BCUT2D eigenvalue weighted by Crippen LogP contribution is -2.40. The second-order valence-electron chi connectivity index (χ2n) is 5.49. The number of nitrogens with one attached hydrogen (secondary N) is 1. The molecule has 5 nitrogen and oxygen atoms in total. The van der Waals surface area contributed by atoms with Crippen LogP contribution in [0.15, 0.2) is 0 Å². The SMILES string of the molecule is CCC1C[C@H](C(=O)NC(C)CCOC)[C@H](C(=O)O)C1. The Morgan fingerprint density at radius 3 is 2.53 bits per heavy atom. The molecular weight excluding hydrogens is 246 g/mol. The first-order valence-electron chi connectivity index (χ1n) is 7.01. The fraction of sp³-hybridized carbons (Fsp3) is 0.857. The van der Waals surface area contributed by atoms with Crippen LogP contribution < -0.4 is 5.32 Å². The third kappa shape index (κ3) is 4.49. The highest BCUT2D eigenvalue weighted by Gasteiger charge is 2.42. The van der Waals surface area contributed by atoms with Crippen LogP contribution in [-0.4, -0.2) is 36.7 Å². The summed E-state index contributed by atoms with van der Waals surface area (Å²) in [5.74, 6) is -1.52. The average molecular weight is 271 g/mol. The smallest absolute Gasteiger partial charge is 0.307 e. The fourth-order valence-corrected chi connectivity index (χ4v) is 2.76. The third-order valence-corrected chi connectivity index (χ3v) is 4.04. The number of hydrogen-bond acceptors (Lipinski definition) is 3. The summed E-state index contributed by atoms with van der Waals surface area (Å²) < 4.78 is 4.97. The molecule has 19 heavy (non-hydrogen) atoms. The van der Waals surface area contributed by atoms with Crippen molar-refractivity contribution < 1.29 is 19.4 Å². The molecule has 2 N–H and O–H groups in total. The molecule has 0 radical (unpaired) electrons. The van der Waals surface area contributed by atoms with Gasteiger partial charge in [-0.05, 0) is 32.1 Å². The summed E-state index contributed by atoms with van der Waals surface area (Å²) in [6.45, 7) is 4.55. The largest absolute Gasteiger partial charge is 0.481 e. The van der Waals surface area contributed by atoms with Gasteiger partial charge in [0.25, 0.3) is 0 Å². The van der Waals surface area contributed by atoms with Crippen LogP contribution in [-0.2, 0) is 14.3 Å². The number of carboxylic acid groups (broad SMARTS) is 1. The van der Waals surface area contributed by atoms with Gasteiger partial charge in [0.1, 0.15) is 0 Å². The van der Waals surface area contributed by atoms with Crippen molar-refractivity contribution in [1.82, 2.24) is 5.32 Å². The Balaban J connectivity index is 2.56. The maximum atomic E-state index is 12.2. The van der Waals surface area contributed by atoms with E-state index in [2.05, 4.69) is 5.32 Å². The van der Waals surface area contributed by atoms with Crippen molar-refractivity contribution >= 4 is 11.9 Å². The number of carbonyl (C=O) groups excluding carboxylic acids is 1. The van der Waals surface area contributed by atoms with Gasteiger partial charge in [-0.25, -0.2) is 0 Å². The number of amides is 1. The van der Waals surface area contributed by atoms with Crippen molar-refractivity contribution in [2.24, 2.45) is 17.8 Å². The number of carboxylic acids is 1. The monoisotopic (exact) mass is 271 g/mol. The van der Waals surface area contributed by atoms with Gasteiger partial charge in [-0.15, -0.1) is 0 Å². The van der Waals surface area contributed by atoms with Gasteiger partial charge in [-0.1, -0.05) is 13.3 Å². The quantitative estimate of drug-likeness (QED) is 0.738. The number of ether oxygens (including phenoxy) is 1. The summed E-state index contributed by atoms with van der Waals surface area (Å²) in [7, 11) is 1.62. The molecule has 1 amide bonds. The van der Waals surface area contributed by atoms with Gasteiger partial charge in [0.05, 0.1) is 11.8 Å². The van der Waals surface area contributed by atoms with Gasteiger partial charge in [0, 0.05) is 19.8 Å². The molecule has 0 spiro atoms. The molecule has 1 aliphatic rings. The van der Waals surface area contributed by atoms with Crippen LogP contribution in [0, 0.1) is 17.8 Å². The van der Waals surface area contributed by atoms with Crippen LogP contribution in [0.25, 0.3) is 0 Å². The molecule has 0 aromatic heterocycles. The molecule has 1 fully saturated rings. The summed E-state index contributed by atoms with van der Waals surface area (Å²) in [5, 5.41) is 12.1. The van der Waals surface area contributed by atoms with Crippen molar-refractivity contribution in [2.45, 2.75) is 45.6 Å². The zero-order valence-corrected chi connectivity index (χ0v) is 12.0. The van der Waals surface area contributed by atoms with Crippen LogP contribution in [0.4, 0.5) is 0 Å². The average Bonchev–Trinajstić information content (AvgIpc) is 2.80. The molecule has 4 atom stereocenters. The van der Waals surface area contributed by atoms with E-state index in [0.29, 0.717) is 25.4 Å². The first-order chi connectivity index (χ1) is 8.99. The van der Waals surface area contributed by atoms with Gasteiger partial charge >= 0.3 is 5.97 Å². The highest BCUT2D eigenvalue weighted by atomic mass is 16.5. The van der Waals surface area contributed by atoms with E-state index in [1.807, 2.05) is 13.8 Å². The minimum Gasteiger partial charge on any atom is -0.481 e. The zero-order valence-electron chi connectivity index (χ0n) is 12.0. The Labute approximate surface area is 114 Å². The van der Waals surface area contributed by atoms with Gasteiger partial charge in [0.2, 0.25) is 5.91 Å². The molecule has 0 heterocycles. The molecule has 110 valence electrons. The summed E-state index contributed by atoms with van der Waals surface area (Å²) >= 11 is 0. The molecule has 1 aliphatic carbocycles. The lowest BCUT2D eigenvalue weighted by Gasteiger charge is -2.19. The van der Waals surface area contributed by atoms with Crippen LogP contribution in [0.5, 0.6) is 0 Å². The topological polar surface area (TPSA) is 75.6 Å². The van der Waals surface area contributed by atoms with Crippen LogP contribution >= 0.6 is 0 Å². The maximum absolute atomic E-state index is 12.2. The summed E-state index contributed by atoms with van der Waals surface area (Å²) in [6.07, 6.45) is 2.99. The number of methoxy groups -OCH3 is 1. The van der Waals surface area contributed by atoms with E-state index in [1.165, 1.54) is 0 Å². The van der Waals surface area contributed by atoms with Crippen molar-refractivity contribution in [3.63, 3.8) is 0 Å². The van der Waals surface area contributed by atoms with E-state index in [1.54, 1.807) is 7.11 Å². The third-order valence-electron chi connectivity index (χ3n) is 4.04. The van der Waals surface area contributed by atoms with Crippen LogP contribution in [0.2, 0.25) is 0 Å². The molecule has 0 aromatic carbocycles. The maximum Gasteiger partial charge on any atom is 0.307 e. The Morgan fingerprint density at radius 2 is 2.00 bits per heavy atom. The Kier molecular flexibility index (Phi) is 6.28. The summed E-state index contributed by atoms with van der Waals surface area (Å²) in [4.78, 5) is 23.4.